The maximum absolute atomic E-state index is 12.0. The van der Waals surface area contributed by atoms with Gasteiger partial charge in [0.2, 0.25) is 0 Å². The van der Waals surface area contributed by atoms with Crippen LogP contribution in [0.3, 0.4) is 0 Å². The SMILES string of the molecule is COC(=O)c1ccccc1NC(=O)c1ccc(Cl)cn1. The second-order valence-corrected chi connectivity index (χ2v) is 4.29. The fourth-order valence-corrected chi connectivity index (χ4v) is 1.69. The largest absolute Gasteiger partial charge is 0.465 e. The highest BCUT2D eigenvalue weighted by Crippen LogP contribution is 2.17. The summed E-state index contributed by atoms with van der Waals surface area (Å²) in [7, 11) is 1.28. The van der Waals surface area contributed by atoms with Gasteiger partial charge in [0.15, 0.2) is 0 Å². The molecule has 0 unspecified atom stereocenters. The highest BCUT2D eigenvalue weighted by atomic mass is 35.5. The quantitative estimate of drug-likeness (QED) is 0.883. The van der Waals surface area contributed by atoms with Gasteiger partial charge in [-0.3, -0.25) is 4.79 Å². The van der Waals surface area contributed by atoms with E-state index in [1.165, 1.54) is 19.4 Å². The number of para-hydroxylation sites is 1. The van der Waals surface area contributed by atoms with Crippen molar-refractivity contribution < 1.29 is 14.3 Å². The smallest absolute Gasteiger partial charge is 0.339 e. The Morgan fingerprint density at radius 1 is 1.20 bits per heavy atom. The number of nitrogens with one attached hydrogen (secondary N) is 1. The van der Waals surface area contributed by atoms with Crippen LogP contribution in [0.25, 0.3) is 0 Å². The summed E-state index contributed by atoms with van der Waals surface area (Å²) >= 11 is 5.71. The lowest BCUT2D eigenvalue weighted by Gasteiger charge is -2.09. The zero-order valence-electron chi connectivity index (χ0n) is 10.6. The average Bonchev–Trinajstić information content (AvgIpc) is 2.47. The van der Waals surface area contributed by atoms with Gasteiger partial charge in [-0.25, -0.2) is 9.78 Å². The molecule has 0 spiro atoms. The number of hydrogen-bond donors (Lipinski definition) is 1. The van der Waals surface area contributed by atoms with Crippen molar-refractivity contribution in [3.8, 4) is 0 Å². The van der Waals surface area contributed by atoms with E-state index < -0.39 is 11.9 Å². The summed E-state index contributed by atoms with van der Waals surface area (Å²) in [6.07, 6.45) is 1.38. The van der Waals surface area contributed by atoms with E-state index in [4.69, 9.17) is 11.6 Å². The van der Waals surface area contributed by atoms with E-state index in [0.717, 1.165) is 0 Å². The van der Waals surface area contributed by atoms with Gasteiger partial charge in [-0.15, -0.1) is 0 Å². The van der Waals surface area contributed by atoms with Crippen LogP contribution in [0.2, 0.25) is 5.02 Å². The molecule has 102 valence electrons. The minimum Gasteiger partial charge on any atom is -0.465 e. The molecule has 5 nitrogen and oxygen atoms in total. The van der Waals surface area contributed by atoms with Crippen molar-refractivity contribution in [3.63, 3.8) is 0 Å². The Bertz CT molecular complexity index is 641. The van der Waals surface area contributed by atoms with E-state index in [-0.39, 0.29) is 11.3 Å². The number of pyridine rings is 1. The van der Waals surface area contributed by atoms with E-state index in [1.54, 1.807) is 30.3 Å². The minimum absolute atomic E-state index is 0.203. The van der Waals surface area contributed by atoms with Crippen molar-refractivity contribution in [2.24, 2.45) is 0 Å². The molecule has 0 saturated carbocycles. The molecule has 0 atom stereocenters. The van der Waals surface area contributed by atoms with Crippen molar-refractivity contribution in [3.05, 3.63) is 58.9 Å². The first-order valence-corrected chi connectivity index (χ1v) is 6.10. The summed E-state index contributed by atoms with van der Waals surface area (Å²) in [5.41, 5.74) is 0.840. The topological polar surface area (TPSA) is 68.3 Å². The monoisotopic (exact) mass is 290 g/mol. The number of amides is 1. The van der Waals surface area contributed by atoms with Gasteiger partial charge in [0.1, 0.15) is 5.69 Å². The summed E-state index contributed by atoms with van der Waals surface area (Å²) in [5.74, 6) is -0.956. The maximum Gasteiger partial charge on any atom is 0.339 e. The number of nitrogens with zero attached hydrogens (tertiary/aromatic N) is 1. The maximum atomic E-state index is 12.0. The Morgan fingerprint density at radius 2 is 1.95 bits per heavy atom. The fourth-order valence-electron chi connectivity index (χ4n) is 1.58. The van der Waals surface area contributed by atoms with Crippen LogP contribution in [0.5, 0.6) is 0 Å². The molecule has 20 heavy (non-hydrogen) atoms. The van der Waals surface area contributed by atoms with Crippen LogP contribution in [-0.4, -0.2) is 24.0 Å². The third-order valence-electron chi connectivity index (χ3n) is 2.54. The number of aromatic nitrogens is 1. The Labute approximate surface area is 120 Å². The zero-order valence-corrected chi connectivity index (χ0v) is 11.3. The molecule has 1 aromatic heterocycles. The Kier molecular flexibility index (Phi) is 4.32. The van der Waals surface area contributed by atoms with Gasteiger partial charge in [0, 0.05) is 6.20 Å². The van der Waals surface area contributed by atoms with Gasteiger partial charge in [0.05, 0.1) is 23.4 Å². The molecule has 0 aliphatic rings. The highest BCUT2D eigenvalue weighted by Gasteiger charge is 2.14. The molecule has 0 saturated heterocycles. The molecule has 0 fully saturated rings. The van der Waals surface area contributed by atoms with Crippen LogP contribution in [0.1, 0.15) is 20.8 Å². The Hall–Kier alpha value is -2.40. The lowest BCUT2D eigenvalue weighted by atomic mass is 10.1. The Balaban J connectivity index is 2.24. The van der Waals surface area contributed by atoms with Crippen molar-refractivity contribution in [2.75, 3.05) is 12.4 Å². The number of rotatable bonds is 3. The van der Waals surface area contributed by atoms with Gasteiger partial charge in [-0.1, -0.05) is 23.7 Å². The van der Waals surface area contributed by atoms with E-state index in [9.17, 15) is 9.59 Å². The van der Waals surface area contributed by atoms with Crippen LogP contribution in [0.15, 0.2) is 42.6 Å². The van der Waals surface area contributed by atoms with Crippen molar-refractivity contribution in [1.29, 1.82) is 0 Å². The van der Waals surface area contributed by atoms with Gasteiger partial charge in [0.25, 0.3) is 5.91 Å². The first-order valence-electron chi connectivity index (χ1n) is 5.72. The lowest BCUT2D eigenvalue weighted by Crippen LogP contribution is -2.16. The number of carbonyl (C=O) groups excluding carboxylic acids is 2. The highest BCUT2D eigenvalue weighted by molar-refractivity contribution is 6.30. The Morgan fingerprint density at radius 3 is 2.60 bits per heavy atom. The number of anilines is 1. The predicted octanol–water partition coefficient (Wildman–Crippen LogP) is 2.77. The number of halogens is 1. The van der Waals surface area contributed by atoms with Crippen LogP contribution in [-0.2, 0) is 4.74 Å². The molecule has 1 heterocycles. The molecule has 6 heteroatoms. The molecule has 0 bridgehead atoms. The molecule has 2 rings (SSSR count). The average molecular weight is 291 g/mol. The van der Waals surface area contributed by atoms with Crippen molar-refractivity contribution in [2.45, 2.75) is 0 Å². The van der Waals surface area contributed by atoms with E-state index in [0.29, 0.717) is 10.7 Å². The summed E-state index contributed by atoms with van der Waals surface area (Å²) in [5, 5.41) is 3.06. The normalized spacial score (nSPS) is 9.90. The van der Waals surface area contributed by atoms with E-state index >= 15 is 0 Å². The standard InChI is InChI=1S/C14H11ClN2O3/c1-20-14(19)10-4-2-3-5-11(10)17-13(18)12-7-6-9(15)8-16-12/h2-8H,1H3,(H,17,18). The van der Waals surface area contributed by atoms with Crippen molar-refractivity contribution >= 4 is 29.2 Å². The molecule has 0 radical (unpaired) electrons. The minimum atomic E-state index is -0.523. The second kappa shape index (κ2) is 6.16. The van der Waals surface area contributed by atoms with Crippen LogP contribution < -0.4 is 5.32 Å². The van der Waals surface area contributed by atoms with Gasteiger partial charge in [-0.05, 0) is 24.3 Å². The van der Waals surface area contributed by atoms with Crippen LogP contribution in [0, 0.1) is 0 Å². The first-order chi connectivity index (χ1) is 9.61. The first kappa shape index (κ1) is 14.0. The molecule has 0 aliphatic carbocycles. The second-order valence-electron chi connectivity index (χ2n) is 3.85. The number of ether oxygens (including phenoxy) is 1. The number of hydrogen-bond acceptors (Lipinski definition) is 4. The molecular weight excluding hydrogens is 280 g/mol. The molecular formula is C14H11ClN2O3. The van der Waals surface area contributed by atoms with E-state index in [2.05, 4.69) is 15.0 Å². The fraction of sp³-hybridized carbons (Fsp3) is 0.0714. The number of esters is 1. The van der Waals surface area contributed by atoms with Crippen LogP contribution in [0.4, 0.5) is 5.69 Å². The van der Waals surface area contributed by atoms with Gasteiger partial charge < -0.3 is 10.1 Å². The third kappa shape index (κ3) is 3.13. The molecule has 1 N–H and O–H groups in total. The molecule has 1 amide bonds. The predicted molar refractivity (Wildman–Crippen MR) is 75.0 cm³/mol. The summed E-state index contributed by atoms with van der Waals surface area (Å²) < 4.78 is 4.66. The summed E-state index contributed by atoms with van der Waals surface area (Å²) in [4.78, 5) is 27.5. The number of carbonyl (C=O) groups is 2. The van der Waals surface area contributed by atoms with E-state index in [1.807, 2.05) is 0 Å². The van der Waals surface area contributed by atoms with Crippen LogP contribution >= 0.6 is 11.6 Å². The summed E-state index contributed by atoms with van der Waals surface area (Å²) in [6, 6.07) is 9.63. The van der Waals surface area contributed by atoms with Gasteiger partial charge in [-0.2, -0.15) is 0 Å². The third-order valence-corrected chi connectivity index (χ3v) is 2.76. The zero-order chi connectivity index (χ0) is 14.5. The van der Waals surface area contributed by atoms with Crippen molar-refractivity contribution in [1.82, 2.24) is 4.98 Å². The molecule has 2 aromatic rings. The summed E-state index contributed by atoms with van der Waals surface area (Å²) in [6.45, 7) is 0. The van der Waals surface area contributed by atoms with Gasteiger partial charge >= 0.3 is 5.97 Å². The number of benzene rings is 1. The molecule has 1 aromatic carbocycles. The lowest BCUT2D eigenvalue weighted by molar-refractivity contribution is 0.0602. The number of methoxy groups -OCH3 is 1. The molecule has 0 aliphatic heterocycles.